The molecule has 0 bridgehead atoms. The minimum Gasteiger partial charge on any atom is -0.383 e. The van der Waals surface area contributed by atoms with E-state index < -0.39 is 0 Å². The Kier molecular flexibility index (Phi) is 4.28. The maximum absolute atomic E-state index is 11.9. The number of nitrogens with one attached hydrogen (secondary N) is 1. The lowest BCUT2D eigenvalue weighted by molar-refractivity contribution is 0.0954. The smallest absolute Gasteiger partial charge is 0.255 e. The summed E-state index contributed by atoms with van der Waals surface area (Å²) in [6.45, 7) is 0.704. The molecule has 0 spiro atoms. The SMILES string of the molecule is Nc1ncc(Br)cc1C(=O)NCC1CCCS1. The normalized spacial score (nSPS) is 19.2. The van der Waals surface area contributed by atoms with Crippen LogP contribution in [-0.2, 0) is 0 Å². The van der Waals surface area contributed by atoms with Crippen LogP contribution in [0.5, 0.6) is 0 Å². The van der Waals surface area contributed by atoms with Gasteiger partial charge in [0.1, 0.15) is 5.82 Å². The van der Waals surface area contributed by atoms with E-state index in [9.17, 15) is 4.79 Å². The Balaban J connectivity index is 1.96. The largest absolute Gasteiger partial charge is 0.383 e. The number of rotatable bonds is 3. The molecular formula is C11H14BrN3OS. The fourth-order valence-electron chi connectivity index (χ4n) is 1.74. The van der Waals surface area contributed by atoms with Gasteiger partial charge in [0.25, 0.3) is 5.91 Å². The first-order chi connectivity index (χ1) is 8.16. The van der Waals surface area contributed by atoms with E-state index in [0.29, 0.717) is 17.4 Å². The highest BCUT2D eigenvalue weighted by atomic mass is 79.9. The molecule has 1 aromatic rings. The Hall–Kier alpha value is -0.750. The van der Waals surface area contributed by atoms with Gasteiger partial charge in [-0.15, -0.1) is 0 Å². The number of halogens is 1. The molecule has 1 atom stereocenters. The zero-order valence-corrected chi connectivity index (χ0v) is 11.7. The molecular weight excluding hydrogens is 302 g/mol. The number of nitrogens with zero attached hydrogens (tertiary/aromatic N) is 1. The summed E-state index contributed by atoms with van der Waals surface area (Å²) in [6.07, 6.45) is 4.00. The van der Waals surface area contributed by atoms with Crippen molar-refractivity contribution in [3.05, 3.63) is 22.3 Å². The molecule has 2 heterocycles. The minimum atomic E-state index is -0.149. The molecule has 0 saturated carbocycles. The Morgan fingerprint density at radius 3 is 3.24 bits per heavy atom. The second kappa shape index (κ2) is 5.73. The molecule has 92 valence electrons. The highest BCUT2D eigenvalue weighted by Crippen LogP contribution is 2.25. The summed E-state index contributed by atoms with van der Waals surface area (Å²) in [4.78, 5) is 15.9. The zero-order valence-electron chi connectivity index (χ0n) is 9.28. The van der Waals surface area contributed by atoms with Gasteiger partial charge in [-0.2, -0.15) is 11.8 Å². The summed E-state index contributed by atoms with van der Waals surface area (Å²) in [5.41, 5.74) is 6.11. The van der Waals surface area contributed by atoms with Gasteiger partial charge in [-0.3, -0.25) is 4.79 Å². The van der Waals surface area contributed by atoms with Crippen LogP contribution in [-0.4, -0.2) is 28.4 Å². The lowest BCUT2D eigenvalue weighted by atomic mass is 10.2. The summed E-state index contributed by atoms with van der Waals surface area (Å²) >= 11 is 5.20. The van der Waals surface area contributed by atoms with Crippen LogP contribution in [0.2, 0.25) is 0 Å². The number of anilines is 1. The van der Waals surface area contributed by atoms with Crippen molar-refractivity contribution in [2.24, 2.45) is 0 Å². The van der Waals surface area contributed by atoms with Crippen molar-refractivity contribution in [1.82, 2.24) is 10.3 Å². The van der Waals surface area contributed by atoms with E-state index in [1.54, 1.807) is 12.3 Å². The van der Waals surface area contributed by atoms with Crippen LogP contribution in [0.15, 0.2) is 16.7 Å². The molecule has 0 aromatic carbocycles. The van der Waals surface area contributed by atoms with E-state index >= 15 is 0 Å². The van der Waals surface area contributed by atoms with Gasteiger partial charge >= 0.3 is 0 Å². The molecule has 2 rings (SSSR count). The fourth-order valence-corrected chi connectivity index (χ4v) is 3.27. The molecule has 1 aliphatic rings. The van der Waals surface area contributed by atoms with Crippen LogP contribution in [0.4, 0.5) is 5.82 Å². The molecule has 1 amide bonds. The average molecular weight is 316 g/mol. The summed E-state index contributed by atoms with van der Waals surface area (Å²) in [5.74, 6) is 1.31. The number of nitrogen functional groups attached to an aromatic ring is 1. The Labute approximate surface area is 113 Å². The molecule has 1 unspecified atom stereocenters. The molecule has 0 radical (unpaired) electrons. The Morgan fingerprint density at radius 2 is 2.53 bits per heavy atom. The third-order valence-corrected chi connectivity index (χ3v) is 4.48. The lowest BCUT2D eigenvalue weighted by Crippen LogP contribution is -2.30. The van der Waals surface area contributed by atoms with Gasteiger partial charge in [-0.1, -0.05) is 0 Å². The van der Waals surface area contributed by atoms with Crippen molar-refractivity contribution in [3.63, 3.8) is 0 Å². The second-order valence-electron chi connectivity index (χ2n) is 3.93. The number of hydrogen-bond acceptors (Lipinski definition) is 4. The first-order valence-corrected chi connectivity index (χ1v) is 7.32. The maximum atomic E-state index is 11.9. The number of thioether (sulfide) groups is 1. The Bertz CT molecular complexity index is 421. The van der Waals surface area contributed by atoms with Crippen LogP contribution in [0.1, 0.15) is 23.2 Å². The van der Waals surface area contributed by atoms with Crippen molar-refractivity contribution >= 4 is 39.4 Å². The van der Waals surface area contributed by atoms with Gasteiger partial charge in [0, 0.05) is 22.5 Å². The topological polar surface area (TPSA) is 68.0 Å². The van der Waals surface area contributed by atoms with E-state index in [1.165, 1.54) is 18.6 Å². The van der Waals surface area contributed by atoms with Crippen LogP contribution in [0.3, 0.4) is 0 Å². The first-order valence-electron chi connectivity index (χ1n) is 5.47. The first kappa shape index (κ1) is 12.7. The van der Waals surface area contributed by atoms with E-state index in [2.05, 4.69) is 26.2 Å². The highest BCUT2D eigenvalue weighted by molar-refractivity contribution is 9.10. The molecule has 1 aliphatic heterocycles. The summed E-state index contributed by atoms with van der Waals surface area (Å²) < 4.78 is 0.757. The van der Waals surface area contributed by atoms with Gasteiger partial charge < -0.3 is 11.1 Å². The molecule has 6 heteroatoms. The van der Waals surface area contributed by atoms with Crippen LogP contribution < -0.4 is 11.1 Å². The predicted octanol–water partition coefficient (Wildman–Crippen LogP) is 2.05. The fraction of sp³-hybridized carbons (Fsp3) is 0.455. The number of nitrogens with two attached hydrogens (primary N) is 1. The molecule has 17 heavy (non-hydrogen) atoms. The third-order valence-electron chi connectivity index (χ3n) is 2.64. The molecule has 1 saturated heterocycles. The van der Waals surface area contributed by atoms with E-state index in [1.807, 2.05) is 11.8 Å². The highest BCUT2D eigenvalue weighted by Gasteiger charge is 2.17. The average Bonchev–Trinajstić information content (AvgIpc) is 2.82. The summed E-state index contributed by atoms with van der Waals surface area (Å²) in [6, 6.07) is 1.69. The Morgan fingerprint density at radius 1 is 1.71 bits per heavy atom. The van der Waals surface area contributed by atoms with Crippen LogP contribution in [0, 0.1) is 0 Å². The maximum Gasteiger partial charge on any atom is 0.255 e. The number of carbonyl (C=O) groups is 1. The van der Waals surface area contributed by atoms with Gasteiger partial charge in [-0.25, -0.2) is 4.98 Å². The molecule has 0 aliphatic carbocycles. The van der Waals surface area contributed by atoms with Crippen molar-refractivity contribution in [1.29, 1.82) is 0 Å². The van der Waals surface area contributed by atoms with E-state index in [4.69, 9.17) is 5.73 Å². The molecule has 1 aromatic heterocycles. The number of pyridine rings is 1. The molecule has 1 fully saturated rings. The summed E-state index contributed by atoms with van der Waals surface area (Å²) in [5, 5.41) is 3.45. The molecule has 3 N–H and O–H groups in total. The predicted molar refractivity (Wildman–Crippen MR) is 74.2 cm³/mol. The van der Waals surface area contributed by atoms with Crippen molar-refractivity contribution in [2.75, 3.05) is 18.0 Å². The summed E-state index contributed by atoms with van der Waals surface area (Å²) in [7, 11) is 0. The van der Waals surface area contributed by atoms with Gasteiger partial charge in [0.2, 0.25) is 0 Å². The standard InChI is InChI=1S/C11H14BrN3OS/c12-7-4-9(10(13)14-5-7)11(16)15-6-8-2-1-3-17-8/h4-5,8H,1-3,6H2,(H2,13,14)(H,15,16). The minimum absolute atomic E-state index is 0.149. The van der Waals surface area contributed by atoms with Crippen molar-refractivity contribution in [2.45, 2.75) is 18.1 Å². The second-order valence-corrected chi connectivity index (χ2v) is 6.26. The number of aromatic nitrogens is 1. The van der Waals surface area contributed by atoms with Crippen LogP contribution >= 0.6 is 27.7 Å². The van der Waals surface area contributed by atoms with Crippen LogP contribution in [0.25, 0.3) is 0 Å². The number of hydrogen-bond donors (Lipinski definition) is 2. The third kappa shape index (κ3) is 3.35. The molecule has 4 nitrogen and oxygen atoms in total. The van der Waals surface area contributed by atoms with Gasteiger partial charge in [-0.05, 0) is 40.6 Å². The number of amides is 1. The van der Waals surface area contributed by atoms with E-state index in [0.717, 1.165) is 4.47 Å². The van der Waals surface area contributed by atoms with Crippen molar-refractivity contribution < 1.29 is 4.79 Å². The monoisotopic (exact) mass is 315 g/mol. The number of carbonyl (C=O) groups excluding carboxylic acids is 1. The van der Waals surface area contributed by atoms with Gasteiger partial charge in [0.05, 0.1) is 5.56 Å². The zero-order chi connectivity index (χ0) is 12.3. The van der Waals surface area contributed by atoms with E-state index in [-0.39, 0.29) is 11.7 Å². The van der Waals surface area contributed by atoms with Crippen molar-refractivity contribution in [3.8, 4) is 0 Å². The van der Waals surface area contributed by atoms with Gasteiger partial charge in [0.15, 0.2) is 0 Å². The lowest BCUT2D eigenvalue weighted by Gasteiger charge is -2.11. The quantitative estimate of drug-likeness (QED) is 0.895.